The first-order valence-electron chi connectivity index (χ1n) is 8.47. The Morgan fingerprint density at radius 1 is 1.19 bits per heavy atom. The highest BCUT2D eigenvalue weighted by Crippen LogP contribution is 2.24. The summed E-state index contributed by atoms with van der Waals surface area (Å²) in [5, 5.41) is 0. The molecular formula is C19H25N3O5. The van der Waals surface area contributed by atoms with Gasteiger partial charge in [0.1, 0.15) is 22.9 Å². The fraction of sp³-hybridized carbons (Fsp3) is 0.421. The zero-order valence-electron chi connectivity index (χ0n) is 16.2. The van der Waals surface area contributed by atoms with Crippen LogP contribution in [-0.2, 0) is 11.3 Å². The molecule has 146 valence electrons. The molecule has 1 amide bonds. The molecule has 0 aliphatic carbocycles. The second-order valence-corrected chi connectivity index (χ2v) is 6.17. The number of methoxy groups -OCH3 is 3. The van der Waals surface area contributed by atoms with Crippen molar-refractivity contribution in [3.63, 3.8) is 0 Å². The molecule has 8 nitrogen and oxygen atoms in total. The molecule has 1 aromatic heterocycles. The van der Waals surface area contributed by atoms with Gasteiger partial charge in [-0.25, -0.2) is 4.98 Å². The summed E-state index contributed by atoms with van der Waals surface area (Å²) in [4.78, 5) is 33.4. The highest BCUT2D eigenvalue weighted by molar-refractivity contribution is 5.93. The molecule has 0 bridgehead atoms. The molecule has 2 aromatic rings. The molecule has 1 N–H and O–H groups in total. The summed E-state index contributed by atoms with van der Waals surface area (Å²) in [5.41, 5.74) is 0.322. The minimum Gasteiger partial charge on any atom is -0.497 e. The lowest BCUT2D eigenvalue weighted by Gasteiger charge is -2.29. The molecule has 0 fully saturated rings. The predicted octanol–water partition coefficient (Wildman–Crippen LogP) is 1.77. The van der Waals surface area contributed by atoms with Gasteiger partial charge in [-0.2, -0.15) is 0 Å². The third-order valence-electron chi connectivity index (χ3n) is 4.12. The van der Waals surface area contributed by atoms with Gasteiger partial charge in [-0.15, -0.1) is 0 Å². The van der Waals surface area contributed by atoms with Crippen LogP contribution in [0.3, 0.4) is 0 Å². The maximum absolute atomic E-state index is 13.1. The minimum absolute atomic E-state index is 0.0154. The van der Waals surface area contributed by atoms with Crippen molar-refractivity contribution in [2.45, 2.75) is 26.4 Å². The summed E-state index contributed by atoms with van der Waals surface area (Å²) in [5.74, 6) is 1.26. The Morgan fingerprint density at radius 2 is 1.81 bits per heavy atom. The van der Waals surface area contributed by atoms with Crippen LogP contribution in [-0.4, -0.2) is 54.8 Å². The Morgan fingerprint density at radius 3 is 2.33 bits per heavy atom. The number of H-pyrrole nitrogens is 1. The van der Waals surface area contributed by atoms with Crippen LogP contribution in [0, 0.1) is 6.92 Å². The lowest BCUT2D eigenvalue weighted by Crippen LogP contribution is -2.42. The number of aromatic amines is 1. The first-order chi connectivity index (χ1) is 12.9. The zero-order valence-corrected chi connectivity index (χ0v) is 16.2. The summed E-state index contributed by atoms with van der Waals surface area (Å²) >= 11 is 0. The number of hydrogen-bond donors (Lipinski definition) is 1. The zero-order chi connectivity index (χ0) is 20.0. The molecular weight excluding hydrogens is 350 g/mol. The Hall–Kier alpha value is -2.87. The average Bonchev–Trinajstić information content (AvgIpc) is 2.65. The van der Waals surface area contributed by atoms with Gasteiger partial charge in [-0.05, 0) is 31.5 Å². The first-order valence-corrected chi connectivity index (χ1v) is 8.47. The number of nitrogens with zero attached hydrogens (tertiary/aromatic N) is 2. The normalized spacial score (nSPS) is 11.7. The smallest absolute Gasteiger partial charge is 0.263 e. The maximum Gasteiger partial charge on any atom is 0.263 e. The largest absolute Gasteiger partial charge is 0.497 e. The van der Waals surface area contributed by atoms with Crippen LogP contribution in [0.15, 0.2) is 29.2 Å². The molecule has 1 aromatic carbocycles. The molecule has 0 aliphatic rings. The van der Waals surface area contributed by atoms with Crippen LogP contribution < -0.4 is 15.0 Å². The molecule has 0 radical (unpaired) electrons. The lowest BCUT2D eigenvalue weighted by molar-refractivity contribution is 0.0539. The number of ether oxygens (including phenoxy) is 3. The summed E-state index contributed by atoms with van der Waals surface area (Å²) in [7, 11) is 4.69. The Balaban J connectivity index is 2.40. The molecule has 0 unspecified atom stereocenters. The molecule has 27 heavy (non-hydrogen) atoms. The van der Waals surface area contributed by atoms with Gasteiger partial charge in [0.25, 0.3) is 11.5 Å². The summed E-state index contributed by atoms with van der Waals surface area (Å²) in [6, 6.07) is 5.13. The highest BCUT2D eigenvalue weighted by Gasteiger charge is 2.25. The second-order valence-electron chi connectivity index (χ2n) is 6.17. The van der Waals surface area contributed by atoms with E-state index >= 15 is 0 Å². The van der Waals surface area contributed by atoms with E-state index in [1.54, 1.807) is 39.2 Å². The minimum atomic E-state index is -0.467. The molecule has 0 saturated heterocycles. The summed E-state index contributed by atoms with van der Waals surface area (Å²) in [6.07, 6.45) is 1.30. The van der Waals surface area contributed by atoms with Gasteiger partial charge in [0.2, 0.25) is 0 Å². The van der Waals surface area contributed by atoms with E-state index < -0.39 is 11.5 Å². The topological polar surface area (TPSA) is 93.8 Å². The number of nitrogens with one attached hydrogen (secondary N) is 1. The van der Waals surface area contributed by atoms with E-state index in [0.29, 0.717) is 23.9 Å². The quantitative estimate of drug-likeness (QED) is 0.756. The fourth-order valence-electron chi connectivity index (χ4n) is 2.70. The van der Waals surface area contributed by atoms with Crippen molar-refractivity contribution in [1.29, 1.82) is 0 Å². The SMILES string of the molecule is COC[C@@H](C)N(Cc1cc(OC)cc(OC)c1)C(=O)c1cnc(C)[nH]c1=O. The van der Waals surface area contributed by atoms with Gasteiger partial charge >= 0.3 is 0 Å². The number of carbonyl (C=O) groups is 1. The van der Waals surface area contributed by atoms with Crippen molar-refractivity contribution >= 4 is 5.91 Å². The van der Waals surface area contributed by atoms with Gasteiger partial charge in [0.05, 0.1) is 26.9 Å². The number of aryl methyl sites for hydroxylation is 1. The third kappa shape index (κ3) is 5.07. The molecule has 1 atom stereocenters. The Kier molecular flexibility index (Phi) is 6.95. The van der Waals surface area contributed by atoms with Gasteiger partial charge in [-0.1, -0.05) is 0 Å². The van der Waals surface area contributed by atoms with Crippen LogP contribution in [0.1, 0.15) is 28.7 Å². The number of amides is 1. The van der Waals surface area contributed by atoms with Crippen molar-refractivity contribution in [2.24, 2.45) is 0 Å². The van der Waals surface area contributed by atoms with Crippen molar-refractivity contribution in [3.8, 4) is 11.5 Å². The van der Waals surface area contributed by atoms with Gasteiger partial charge in [0, 0.05) is 25.9 Å². The number of rotatable bonds is 8. The molecule has 2 rings (SSSR count). The average molecular weight is 375 g/mol. The summed E-state index contributed by atoms with van der Waals surface area (Å²) in [6.45, 7) is 4.09. The van der Waals surface area contributed by atoms with Gasteiger partial charge < -0.3 is 24.1 Å². The van der Waals surface area contributed by atoms with Crippen molar-refractivity contribution in [3.05, 3.63) is 51.7 Å². The van der Waals surface area contributed by atoms with Crippen LogP contribution in [0.25, 0.3) is 0 Å². The molecule has 1 heterocycles. The molecule has 0 saturated carbocycles. The van der Waals surface area contributed by atoms with E-state index in [-0.39, 0.29) is 18.2 Å². The lowest BCUT2D eigenvalue weighted by atomic mass is 10.1. The number of hydrogen-bond acceptors (Lipinski definition) is 6. The molecule has 0 spiro atoms. The predicted molar refractivity (Wildman–Crippen MR) is 100 cm³/mol. The number of benzene rings is 1. The van der Waals surface area contributed by atoms with E-state index in [2.05, 4.69) is 9.97 Å². The Bertz CT molecular complexity index is 827. The van der Waals surface area contributed by atoms with Gasteiger partial charge in [0.15, 0.2) is 0 Å². The fourth-order valence-corrected chi connectivity index (χ4v) is 2.70. The second kappa shape index (κ2) is 9.18. The van der Waals surface area contributed by atoms with E-state index in [9.17, 15) is 9.59 Å². The number of carbonyl (C=O) groups excluding carboxylic acids is 1. The molecule has 0 aliphatic heterocycles. The van der Waals surface area contributed by atoms with Crippen LogP contribution >= 0.6 is 0 Å². The van der Waals surface area contributed by atoms with Gasteiger partial charge in [-0.3, -0.25) is 9.59 Å². The van der Waals surface area contributed by atoms with E-state index in [1.807, 2.05) is 19.1 Å². The van der Waals surface area contributed by atoms with Crippen molar-refractivity contribution < 1.29 is 19.0 Å². The standard InChI is InChI=1S/C19H25N3O5/c1-12(11-25-3)22(19(24)17-9-20-13(2)21-18(17)23)10-14-6-15(26-4)8-16(7-14)27-5/h6-9,12H,10-11H2,1-5H3,(H,20,21,23)/t12-/m1/s1. The third-order valence-corrected chi connectivity index (χ3v) is 4.12. The maximum atomic E-state index is 13.1. The van der Waals surface area contributed by atoms with Crippen LogP contribution in [0.4, 0.5) is 0 Å². The van der Waals surface area contributed by atoms with Crippen LogP contribution in [0.5, 0.6) is 11.5 Å². The number of aromatic nitrogens is 2. The van der Waals surface area contributed by atoms with E-state index in [1.165, 1.54) is 6.20 Å². The van der Waals surface area contributed by atoms with Crippen molar-refractivity contribution in [2.75, 3.05) is 27.9 Å². The summed E-state index contributed by atoms with van der Waals surface area (Å²) < 4.78 is 15.8. The Labute approximate surface area is 158 Å². The molecule has 8 heteroatoms. The highest BCUT2D eigenvalue weighted by atomic mass is 16.5. The van der Waals surface area contributed by atoms with Crippen molar-refractivity contribution in [1.82, 2.24) is 14.9 Å². The monoisotopic (exact) mass is 375 g/mol. The van der Waals surface area contributed by atoms with Crippen LogP contribution in [0.2, 0.25) is 0 Å². The first kappa shape index (κ1) is 20.4. The van der Waals surface area contributed by atoms with E-state index in [4.69, 9.17) is 14.2 Å². The van der Waals surface area contributed by atoms with E-state index in [0.717, 1.165) is 5.56 Å².